The number of aliphatic carboxylic acids is 1. The highest BCUT2D eigenvalue weighted by Gasteiger charge is 2.27. The molecule has 124 valence electrons. The van der Waals surface area contributed by atoms with E-state index in [9.17, 15) is 20.0 Å². The molecule has 1 heterocycles. The molecule has 0 spiro atoms. The topological polar surface area (TPSA) is 104 Å². The summed E-state index contributed by atoms with van der Waals surface area (Å²) in [6, 6.07) is 4.81. The molecule has 1 aromatic rings. The summed E-state index contributed by atoms with van der Waals surface area (Å²) in [5, 5.41) is 29.3. The highest BCUT2D eigenvalue weighted by Crippen LogP contribution is 2.34. The monoisotopic (exact) mass is 320 g/mol. The Kier molecular flexibility index (Phi) is 5.70. The van der Waals surface area contributed by atoms with Crippen molar-refractivity contribution in [1.82, 2.24) is 0 Å². The van der Waals surface area contributed by atoms with Gasteiger partial charge in [0.1, 0.15) is 5.69 Å². The van der Waals surface area contributed by atoms with Crippen LogP contribution in [0.4, 0.5) is 11.4 Å². The highest BCUT2D eigenvalue weighted by molar-refractivity contribution is 5.85. The van der Waals surface area contributed by atoms with Gasteiger partial charge in [-0.15, -0.1) is 0 Å². The zero-order chi connectivity index (χ0) is 16.8. The molecule has 1 aliphatic heterocycles. The number of nitrogens with zero attached hydrogens (tertiary/aromatic N) is 2. The fourth-order valence-electron chi connectivity index (χ4n) is 2.97. The maximum absolute atomic E-state index is 11.4. The van der Waals surface area contributed by atoms with E-state index in [2.05, 4.69) is 0 Å². The number of nitro benzene ring substituents is 1. The molecule has 1 atom stereocenters. The minimum atomic E-state index is -1.10. The van der Waals surface area contributed by atoms with Crippen molar-refractivity contribution in [3.63, 3.8) is 0 Å². The normalized spacial score (nSPS) is 18.3. The van der Waals surface area contributed by atoms with Gasteiger partial charge < -0.3 is 15.1 Å². The Labute approximate surface area is 134 Å². The lowest BCUT2D eigenvalue weighted by Gasteiger charge is -2.37. The number of carboxylic acids is 1. The number of nitro groups is 1. The van der Waals surface area contributed by atoms with Crippen LogP contribution in [0.1, 0.15) is 31.2 Å². The van der Waals surface area contributed by atoms with Gasteiger partial charge in [0.05, 0.1) is 4.92 Å². The third-order valence-corrected chi connectivity index (χ3v) is 4.01. The SMILES string of the molecule is O=C(O)/C=C/c1ccc(N2CCCCC2CCO)c([N+](=O)[O-])c1. The summed E-state index contributed by atoms with van der Waals surface area (Å²) in [5.41, 5.74) is 0.960. The molecule has 1 fully saturated rings. The van der Waals surface area contributed by atoms with Crippen LogP contribution in [0.15, 0.2) is 24.3 Å². The molecule has 7 heteroatoms. The van der Waals surface area contributed by atoms with Crippen LogP contribution in [0.25, 0.3) is 6.08 Å². The zero-order valence-corrected chi connectivity index (χ0v) is 12.7. The average molecular weight is 320 g/mol. The van der Waals surface area contributed by atoms with Gasteiger partial charge in [-0.25, -0.2) is 4.79 Å². The van der Waals surface area contributed by atoms with Crippen molar-refractivity contribution in [2.24, 2.45) is 0 Å². The van der Waals surface area contributed by atoms with Gasteiger partial charge in [0.15, 0.2) is 0 Å². The number of aliphatic hydroxyl groups excluding tert-OH is 1. The molecule has 23 heavy (non-hydrogen) atoms. The number of benzene rings is 1. The Morgan fingerprint density at radius 2 is 2.22 bits per heavy atom. The van der Waals surface area contributed by atoms with E-state index in [1.165, 1.54) is 12.1 Å². The maximum atomic E-state index is 11.4. The number of aliphatic hydroxyl groups is 1. The first-order valence-corrected chi connectivity index (χ1v) is 7.60. The summed E-state index contributed by atoms with van der Waals surface area (Å²) < 4.78 is 0. The molecule has 2 rings (SSSR count). The van der Waals surface area contributed by atoms with Crippen LogP contribution in [0.5, 0.6) is 0 Å². The van der Waals surface area contributed by atoms with Crippen molar-refractivity contribution in [2.45, 2.75) is 31.7 Å². The van der Waals surface area contributed by atoms with E-state index in [0.29, 0.717) is 17.7 Å². The van der Waals surface area contributed by atoms with E-state index in [0.717, 1.165) is 31.9 Å². The number of hydrogen-bond acceptors (Lipinski definition) is 5. The molecular formula is C16H20N2O5. The van der Waals surface area contributed by atoms with Gasteiger partial charge in [0.25, 0.3) is 5.69 Å². The van der Waals surface area contributed by atoms with Crippen LogP contribution in [0, 0.1) is 10.1 Å². The zero-order valence-electron chi connectivity index (χ0n) is 12.7. The minimum absolute atomic E-state index is 0.0395. The van der Waals surface area contributed by atoms with Crippen LogP contribution in [-0.2, 0) is 4.79 Å². The van der Waals surface area contributed by atoms with Crippen molar-refractivity contribution in [3.8, 4) is 0 Å². The molecule has 0 bridgehead atoms. The molecule has 1 unspecified atom stereocenters. The lowest BCUT2D eigenvalue weighted by atomic mass is 9.98. The lowest BCUT2D eigenvalue weighted by Crippen LogP contribution is -2.40. The quantitative estimate of drug-likeness (QED) is 0.474. The predicted octanol–water partition coefficient (Wildman–Crippen LogP) is 2.43. The number of piperidine rings is 1. The molecule has 0 aromatic heterocycles. The van der Waals surface area contributed by atoms with Crippen LogP contribution in [-0.4, -0.2) is 40.3 Å². The summed E-state index contributed by atoms with van der Waals surface area (Å²) in [4.78, 5) is 23.5. The summed E-state index contributed by atoms with van der Waals surface area (Å²) in [5.74, 6) is -1.10. The molecule has 0 saturated carbocycles. The smallest absolute Gasteiger partial charge is 0.328 e. The van der Waals surface area contributed by atoms with E-state index in [-0.39, 0.29) is 18.3 Å². The second kappa shape index (κ2) is 7.73. The molecule has 0 radical (unpaired) electrons. The van der Waals surface area contributed by atoms with E-state index in [1.807, 2.05) is 4.90 Å². The fraction of sp³-hybridized carbons (Fsp3) is 0.438. The Morgan fingerprint density at radius 3 is 2.87 bits per heavy atom. The molecule has 1 aromatic carbocycles. The van der Waals surface area contributed by atoms with Crippen molar-refractivity contribution in [2.75, 3.05) is 18.1 Å². The van der Waals surface area contributed by atoms with Gasteiger partial charge in [0, 0.05) is 31.3 Å². The second-order valence-electron chi connectivity index (χ2n) is 5.53. The van der Waals surface area contributed by atoms with E-state index in [4.69, 9.17) is 5.11 Å². The van der Waals surface area contributed by atoms with Crippen molar-refractivity contribution in [1.29, 1.82) is 0 Å². The van der Waals surface area contributed by atoms with E-state index >= 15 is 0 Å². The molecule has 1 saturated heterocycles. The second-order valence-corrected chi connectivity index (χ2v) is 5.53. The molecule has 0 amide bonds. The van der Waals surface area contributed by atoms with Crippen LogP contribution < -0.4 is 4.90 Å². The number of hydrogen-bond donors (Lipinski definition) is 2. The molecule has 1 aliphatic rings. The summed E-state index contributed by atoms with van der Waals surface area (Å²) >= 11 is 0. The largest absolute Gasteiger partial charge is 0.478 e. The third kappa shape index (κ3) is 4.29. The summed E-state index contributed by atoms with van der Waals surface area (Å²) in [7, 11) is 0. The van der Waals surface area contributed by atoms with Crippen LogP contribution >= 0.6 is 0 Å². The van der Waals surface area contributed by atoms with Gasteiger partial charge in [-0.3, -0.25) is 10.1 Å². The summed E-state index contributed by atoms with van der Waals surface area (Å²) in [6.07, 6.45) is 5.78. The lowest BCUT2D eigenvalue weighted by molar-refractivity contribution is -0.384. The van der Waals surface area contributed by atoms with Gasteiger partial charge in [-0.1, -0.05) is 6.07 Å². The number of carboxylic acid groups (broad SMARTS) is 1. The Bertz CT molecular complexity index is 612. The molecule has 0 aliphatic carbocycles. The Balaban J connectivity index is 2.36. The van der Waals surface area contributed by atoms with Gasteiger partial charge in [-0.2, -0.15) is 0 Å². The van der Waals surface area contributed by atoms with Gasteiger partial charge >= 0.3 is 5.97 Å². The van der Waals surface area contributed by atoms with E-state index < -0.39 is 10.9 Å². The Morgan fingerprint density at radius 1 is 1.43 bits per heavy atom. The number of anilines is 1. The maximum Gasteiger partial charge on any atom is 0.328 e. The number of carbonyl (C=O) groups is 1. The standard InChI is InChI=1S/C16H20N2O5/c19-10-8-13-3-1-2-9-17(13)14-6-4-12(5-7-16(20)21)11-15(14)18(22)23/h4-7,11,13,19H,1-3,8-10H2,(H,20,21)/b7-5+. The first-order chi connectivity index (χ1) is 11.0. The molecule has 2 N–H and O–H groups in total. The van der Waals surface area contributed by atoms with Gasteiger partial charge in [0.2, 0.25) is 0 Å². The molecular weight excluding hydrogens is 300 g/mol. The number of rotatable bonds is 6. The fourth-order valence-corrected chi connectivity index (χ4v) is 2.97. The van der Waals surface area contributed by atoms with E-state index in [1.54, 1.807) is 12.1 Å². The predicted molar refractivity (Wildman–Crippen MR) is 86.5 cm³/mol. The van der Waals surface area contributed by atoms with Crippen molar-refractivity contribution < 1.29 is 19.9 Å². The van der Waals surface area contributed by atoms with Crippen LogP contribution in [0.3, 0.4) is 0 Å². The van der Waals surface area contributed by atoms with Crippen molar-refractivity contribution >= 4 is 23.4 Å². The highest BCUT2D eigenvalue weighted by atomic mass is 16.6. The summed E-state index contributed by atoms with van der Waals surface area (Å²) in [6.45, 7) is 0.768. The first kappa shape index (κ1) is 17.0. The molecule has 7 nitrogen and oxygen atoms in total. The van der Waals surface area contributed by atoms with Gasteiger partial charge in [-0.05, 0) is 43.4 Å². The first-order valence-electron chi connectivity index (χ1n) is 7.60. The third-order valence-electron chi connectivity index (χ3n) is 4.01. The Hall–Kier alpha value is -2.41. The average Bonchev–Trinajstić information content (AvgIpc) is 2.53. The van der Waals surface area contributed by atoms with Crippen LogP contribution in [0.2, 0.25) is 0 Å². The minimum Gasteiger partial charge on any atom is -0.478 e. The van der Waals surface area contributed by atoms with Crippen molar-refractivity contribution in [3.05, 3.63) is 40.0 Å².